The molecule has 4 aromatic heterocycles. The van der Waals surface area contributed by atoms with Gasteiger partial charge in [0.05, 0.1) is 46.6 Å². The number of esters is 1. The first-order valence-corrected chi connectivity index (χ1v) is 19.5. The minimum absolute atomic E-state index is 0.0839. The molecule has 0 radical (unpaired) electrons. The van der Waals surface area contributed by atoms with E-state index < -0.39 is 0 Å². The molecular formula is C42H64BrN11O4. The summed E-state index contributed by atoms with van der Waals surface area (Å²) in [7, 11) is 18.7. The number of rotatable bonds is 12. The monoisotopic (exact) mass is 865 g/mol. The lowest BCUT2D eigenvalue weighted by Crippen LogP contribution is -2.26. The Morgan fingerprint density at radius 2 is 0.983 bits per heavy atom. The Morgan fingerprint density at radius 1 is 0.603 bits per heavy atom. The molecule has 4 rings (SSSR count). The van der Waals surface area contributed by atoms with Gasteiger partial charge in [-0.2, -0.15) is 0 Å². The highest BCUT2D eigenvalue weighted by molar-refractivity contribution is 9.10. The van der Waals surface area contributed by atoms with Crippen molar-refractivity contribution in [2.24, 2.45) is 0 Å². The zero-order chi connectivity index (χ0) is 44.1. The molecule has 4 aromatic rings. The van der Waals surface area contributed by atoms with Crippen molar-refractivity contribution >= 4 is 39.5 Å². The maximum absolute atomic E-state index is 11.7. The highest BCUT2D eigenvalue weighted by Crippen LogP contribution is 2.16. The van der Waals surface area contributed by atoms with Crippen LogP contribution >= 0.6 is 15.9 Å². The summed E-state index contributed by atoms with van der Waals surface area (Å²) >= 11 is 3.47. The zero-order valence-corrected chi connectivity index (χ0v) is 38.4. The molecule has 0 aliphatic carbocycles. The van der Waals surface area contributed by atoms with Crippen LogP contribution in [0.15, 0.2) is 53.0 Å². The van der Waals surface area contributed by atoms with E-state index in [9.17, 15) is 14.4 Å². The summed E-state index contributed by atoms with van der Waals surface area (Å²) in [6, 6.07) is 14.6. The summed E-state index contributed by atoms with van der Waals surface area (Å²) in [6.07, 6.45) is 0. The highest BCUT2D eigenvalue weighted by atomic mass is 79.9. The molecule has 15 nitrogen and oxygen atoms in total. The predicted octanol–water partition coefficient (Wildman–Crippen LogP) is 4.74. The van der Waals surface area contributed by atoms with Gasteiger partial charge < -0.3 is 40.7 Å². The molecule has 0 bridgehead atoms. The summed E-state index contributed by atoms with van der Waals surface area (Å²) in [6.45, 7) is 11.1. The molecule has 16 heteroatoms. The molecule has 2 amide bonds. The number of pyridine rings is 4. The van der Waals surface area contributed by atoms with Crippen LogP contribution in [0.3, 0.4) is 0 Å². The Morgan fingerprint density at radius 3 is 1.43 bits per heavy atom. The molecule has 4 heterocycles. The van der Waals surface area contributed by atoms with Crippen LogP contribution in [0.5, 0.6) is 0 Å². The number of aryl methyl sites for hydroxylation is 3. The molecule has 318 valence electrons. The molecule has 0 unspecified atom stereocenters. The van der Waals surface area contributed by atoms with Crippen molar-refractivity contribution in [1.82, 2.24) is 50.2 Å². The van der Waals surface area contributed by atoms with Crippen LogP contribution in [0.4, 0.5) is 5.82 Å². The van der Waals surface area contributed by atoms with Gasteiger partial charge in [0.1, 0.15) is 5.82 Å². The Balaban J connectivity index is 0.000000388. The number of nitrogens with one attached hydrogen (secondary N) is 2. The smallest absolute Gasteiger partial charge is 0.339 e. The summed E-state index contributed by atoms with van der Waals surface area (Å²) in [4.78, 5) is 60.1. The largest absolute Gasteiger partial charge is 0.465 e. The van der Waals surface area contributed by atoms with Crippen molar-refractivity contribution in [2.45, 2.75) is 53.9 Å². The van der Waals surface area contributed by atoms with Crippen LogP contribution in [-0.4, -0.2) is 134 Å². The van der Waals surface area contributed by atoms with Gasteiger partial charge in [-0.25, -0.2) is 9.78 Å². The Hall–Kier alpha value is -4.87. The number of aromatic nitrogens is 4. The first-order chi connectivity index (χ1) is 27.2. The molecule has 0 atom stereocenters. The van der Waals surface area contributed by atoms with E-state index in [0.717, 1.165) is 45.2 Å². The van der Waals surface area contributed by atoms with Crippen molar-refractivity contribution in [3.63, 3.8) is 0 Å². The van der Waals surface area contributed by atoms with Crippen molar-refractivity contribution in [3.8, 4) is 0 Å². The van der Waals surface area contributed by atoms with Crippen molar-refractivity contribution < 1.29 is 19.1 Å². The van der Waals surface area contributed by atoms with Gasteiger partial charge in [0.15, 0.2) is 0 Å². The number of methoxy groups -OCH3 is 1. The number of carbonyl (C=O) groups is 3. The molecule has 0 spiro atoms. The molecule has 0 fully saturated rings. The van der Waals surface area contributed by atoms with E-state index in [1.54, 1.807) is 25.2 Å². The Labute approximate surface area is 353 Å². The molecule has 4 N–H and O–H groups in total. The van der Waals surface area contributed by atoms with Gasteiger partial charge in [-0.15, -0.1) is 0 Å². The SMILES string of the molecule is CCNC(=O)c1ccc(N)nc1CN(C)C.CNC(=O)c1ccc(C)nc1CN(C)C.COC(=O)c1ccc(C)nc1CN(C)C.Cc1ccc(Br)c(CN(C)C)n1. The molecule has 0 aromatic carbocycles. The minimum Gasteiger partial charge on any atom is -0.465 e. The Kier molecular flexibility index (Phi) is 23.1. The average molecular weight is 867 g/mol. The van der Waals surface area contributed by atoms with Gasteiger partial charge in [0, 0.05) is 61.3 Å². The first-order valence-electron chi connectivity index (χ1n) is 18.7. The number of nitrogens with zero attached hydrogens (tertiary/aromatic N) is 8. The van der Waals surface area contributed by atoms with Crippen molar-refractivity contribution in [1.29, 1.82) is 0 Å². The van der Waals surface area contributed by atoms with Crippen molar-refractivity contribution in [2.75, 3.05) is 82.8 Å². The second-order valence-corrected chi connectivity index (χ2v) is 15.2. The lowest BCUT2D eigenvalue weighted by molar-refractivity contribution is 0.0597. The lowest BCUT2D eigenvalue weighted by atomic mass is 10.1. The topological polar surface area (TPSA) is 175 Å². The van der Waals surface area contributed by atoms with E-state index >= 15 is 0 Å². The summed E-state index contributed by atoms with van der Waals surface area (Å²) in [5.74, 6) is -0.0875. The van der Waals surface area contributed by atoms with Crippen LogP contribution < -0.4 is 16.4 Å². The second-order valence-electron chi connectivity index (χ2n) is 14.4. The number of amides is 2. The van der Waals surface area contributed by atoms with E-state index in [1.807, 2.05) is 129 Å². The summed E-state index contributed by atoms with van der Waals surface area (Å²) in [5.41, 5.74) is 13.7. The van der Waals surface area contributed by atoms with E-state index in [-0.39, 0.29) is 17.8 Å². The van der Waals surface area contributed by atoms with Crippen LogP contribution in [0, 0.1) is 20.8 Å². The predicted molar refractivity (Wildman–Crippen MR) is 236 cm³/mol. The molecule has 0 saturated heterocycles. The molecule has 0 aliphatic heterocycles. The maximum atomic E-state index is 11.7. The third kappa shape index (κ3) is 19.0. The highest BCUT2D eigenvalue weighted by Gasteiger charge is 2.15. The number of ether oxygens (including phenoxy) is 1. The summed E-state index contributed by atoms with van der Waals surface area (Å²) < 4.78 is 5.79. The van der Waals surface area contributed by atoms with Gasteiger partial charge in [0.2, 0.25) is 0 Å². The fourth-order valence-electron chi connectivity index (χ4n) is 5.10. The molecule has 0 aliphatic rings. The Bertz CT molecular complexity index is 1850. The van der Waals surface area contributed by atoms with E-state index in [1.165, 1.54) is 7.11 Å². The zero-order valence-electron chi connectivity index (χ0n) is 36.8. The van der Waals surface area contributed by atoms with E-state index in [2.05, 4.69) is 51.4 Å². The van der Waals surface area contributed by atoms with Crippen LogP contribution in [0.2, 0.25) is 0 Å². The molecule has 0 saturated carbocycles. The van der Waals surface area contributed by atoms with Gasteiger partial charge in [-0.05, 0) is 149 Å². The average Bonchev–Trinajstić information content (AvgIpc) is 3.13. The number of carbonyl (C=O) groups excluding carboxylic acids is 3. The van der Waals surface area contributed by atoms with Gasteiger partial charge in [-0.3, -0.25) is 24.5 Å². The maximum Gasteiger partial charge on any atom is 0.339 e. The third-order valence-corrected chi connectivity index (χ3v) is 8.33. The van der Waals surface area contributed by atoms with Crippen molar-refractivity contribution in [3.05, 3.63) is 110 Å². The summed E-state index contributed by atoms with van der Waals surface area (Å²) in [5, 5.41) is 5.37. The normalized spacial score (nSPS) is 10.5. The number of halogens is 1. The van der Waals surface area contributed by atoms with E-state index in [0.29, 0.717) is 54.4 Å². The fourth-order valence-corrected chi connectivity index (χ4v) is 5.45. The lowest BCUT2D eigenvalue weighted by Gasteiger charge is -2.13. The quantitative estimate of drug-likeness (QED) is 0.167. The minimum atomic E-state index is -0.334. The van der Waals surface area contributed by atoms with E-state index in [4.69, 9.17) is 10.5 Å². The number of hydrogen-bond donors (Lipinski definition) is 3. The third-order valence-electron chi connectivity index (χ3n) is 7.60. The van der Waals surface area contributed by atoms with Gasteiger partial charge >= 0.3 is 5.97 Å². The number of anilines is 1. The van der Waals surface area contributed by atoms with Crippen LogP contribution in [-0.2, 0) is 30.9 Å². The molecule has 58 heavy (non-hydrogen) atoms. The van der Waals surface area contributed by atoms with Crippen LogP contribution in [0.25, 0.3) is 0 Å². The first kappa shape index (κ1) is 51.1. The van der Waals surface area contributed by atoms with Gasteiger partial charge in [-0.1, -0.05) is 0 Å². The molecular weight excluding hydrogens is 802 g/mol. The number of nitrogens with two attached hydrogens (primary N) is 1. The van der Waals surface area contributed by atoms with Gasteiger partial charge in [0.25, 0.3) is 11.8 Å². The van der Waals surface area contributed by atoms with Crippen LogP contribution in [0.1, 0.15) is 77.9 Å². The second kappa shape index (κ2) is 26.2. The number of nitrogen functional groups attached to an aromatic ring is 1. The number of hydrogen-bond acceptors (Lipinski definition) is 13. The fraction of sp³-hybridized carbons (Fsp3) is 0.452. The standard InChI is InChI=1S/C11H18N4O.C11H17N3O.C11H16N2O2.C9H13BrN2/c1-4-13-11(16)8-5-6-10(12)14-9(8)7-15(2)3;1-8-5-6-9(11(15)12-2)10(13-8)7-14(3)4;1-8-5-6-9(11(14)15-4)10(12-8)7-13(2)3;1-7-4-5-8(10)9(11-7)6-12(2)3/h5-6H,4,7H2,1-3H3,(H2,12,14)(H,13,16);5-6H,7H2,1-4H3,(H,12,15);5-6H,7H2,1-4H3;4-5H,6H2,1-3H3.